The summed E-state index contributed by atoms with van der Waals surface area (Å²) in [5.74, 6) is -0.977. The van der Waals surface area contributed by atoms with Crippen molar-refractivity contribution in [3.8, 4) is 0 Å². The lowest BCUT2D eigenvalue weighted by Gasteiger charge is -2.21. The quantitative estimate of drug-likeness (QED) is 0.0609. The van der Waals surface area contributed by atoms with E-state index in [4.69, 9.17) is 0 Å². The Balaban J connectivity index is 4.11. The van der Waals surface area contributed by atoms with Gasteiger partial charge in [0, 0.05) is 6.42 Å². The fourth-order valence-corrected chi connectivity index (χ4v) is 5.18. The smallest absolute Gasteiger partial charge is 0.267 e. The van der Waals surface area contributed by atoms with Gasteiger partial charge in [0.15, 0.2) is 0 Å². The Kier molecular flexibility index (Phi) is 23.8. The molecule has 7 heteroatoms. The third-order valence-electron chi connectivity index (χ3n) is 6.71. The number of carbonyl (C=O) groups is 1. The van der Waals surface area contributed by atoms with E-state index in [2.05, 4.69) is 19.2 Å². The largest absolute Gasteiger partial charge is 0.387 e. The van der Waals surface area contributed by atoms with Crippen LogP contribution in [-0.4, -0.2) is 41.9 Å². The molecule has 0 fully saturated rings. The average Bonchev–Trinajstić information content (AvgIpc) is 2.82. The number of hydrogen-bond donors (Lipinski definition) is 3. The highest BCUT2D eigenvalue weighted by Gasteiger charge is 2.24. The minimum Gasteiger partial charge on any atom is -0.387 e. The lowest BCUT2D eigenvalue weighted by Crippen LogP contribution is -2.46. The maximum absolute atomic E-state index is 12.3. The number of aliphatic hydroxyl groups is 1. The fraction of sp³-hybridized carbons (Fsp3) is 0.897. The maximum Gasteiger partial charge on any atom is 0.267 e. The van der Waals surface area contributed by atoms with Gasteiger partial charge in [0.05, 0.1) is 17.9 Å². The molecule has 0 radical (unpaired) electrons. The molecule has 2 atom stereocenters. The van der Waals surface area contributed by atoms with Crippen LogP contribution in [0.5, 0.6) is 0 Å². The second-order valence-corrected chi connectivity index (χ2v) is 11.9. The van der Waals surface area contributed by atoms with Crippen LogP contribution in [0.3, 0.4) is 0 Å². The lowest BCUT2D eigenvalue weighted by atomic mass is 10.0. The summed E-state index contributed by atoms with van der Waals surface area (Å²) < 4.78 is 32.1. The molecule has 0 bridgehead atoms. The molecule has 0 spiro atoms. The Hall–Kier alpha value is -0.920. The van der Waals surface area contributed by atoms with Crippen LogP contribution in [-0.2, 0) is 14.9 Å². The number of unbranched alkanes of at least 4 members (excludes halogenated alkanes) is 18. The Morgan fingerprint density at radius 1 is 0.722 bits per heavy atom. The van der Waals surface area contributed by atoms with Crippen molar-refractivity contribution in [3.05, 3.63) is 12.2 Å². The van der Waals surface area contributed by atoms with Crippen LogP contribution in [0.4, 0.5) is 0 Å². The zero-order chi connectivity index (χ0) is 26.9. The van der Waals surface area contributed by atoms with Crippen molar-refractivity contribution in [2.75, 3.05) is 5.75 Å². The van der Waals surface area contributed by atoms with Crippen LogP contribution in [0.15, 0.2) is 12.2 Å². The van der Waals surface area contributed by atoms with Gasteiger partial charge in [-0.2, -0.15) is 8.42 Å². The van der Waals surface area contributed by atoms with Crippen molar-refractivity contribution in [3.63, 3.8) is 0 Å². The molecule has 3 N–H and O–H groups in total. The highest BCUT2D eigenvalue weighted by molar-refractivity contribution is 7.85. The topological polar surface area (TPSA) is 104 Å². The molecule has 0 aromatic carbocycles. The standard InChI is InChI=1S/C29H57NO5S/c1-3-5-7-9-11-13-15-17-19-21-23-25-29(32)30-27(26-36(33,34)35)28(31)24-22-20-18-16-14-12-10-8-6-4-2/h22,24,27-28,31H,3-21,23,25-26H2,1-2H3,(H,30,32)(H,33,34,35)/b24-22+. The first-order chi connectivity index (χ1) is 17.3. The van der Waals surface area contributed by atoms with Crippen LogP contribution in [0.2, 0.25) is 0 Å². The average molecular weight is 532 g/mol. The van der Waals surface area contributed by atoms with Crippen molar-refractivity contribution >= 4 is 16.0 Å². The minimum absolute atomic E-state index is 0.282. The summed E-state index contributed by atoms with van der Waals surface area (Å²) in [4.78, 5) is 12.3. The number of carbonyl (C=O) groups excluding carboxylic acids is 1. The van der Waals surface area contributed by atoms with Crippen molar-refractivity contribution in [2.24, 2.45) is 0 Å². The van der Waals surface area contributed by atoms with E-state index in [1.807, 2.05) is 6.08 Å². The van der Waals surface area contributed by atoms with E-state index in [0.29, 0.717) is 6.42 Å². The third kappa shape index (κ3) is 24.8. The molecule has 0 aromatic heterocycles. The number of nitrogens with one attached hydrogen (secondary N) is 1. The van der Waals surface area contributed by atoms with Crippen molar-refractivity contribution in [1.29, 1.82) is 0 Å². The zero-order valence-electron chi connectivity index (χ0n) is 23.4. The number of amides is 1. The zero-order valence-corrected chi connectivity index (χ0v) is 24.2. The van der Waals surface area contributed by atoms with Crippen molar-refractivity contribution in [2.45, 2.75) is 161 Å². The minimum atomic E-state index is -4.32. The van der Waals surface area contributed by atoms with Crippen LogP contribution in [0.1, 0.15) is 149 Å². The number of aliphatic hydroxyl groups excluding tert-OH is 1. The summed E-state index contributed by atoms with van der Waals surface area (Å²) >= 11 is 0. The number of allylic oxidation sites excluding steroid dienone is 1. The van der Waals surface area contributed by atoms with Gasteiger partial charge in [-0.1, -0.05) is 135 Å². The van der Waals surface area contributed by atoms with Gasteiger partial charge in [-0.15, -0.1) is 0 Å². The van der Waals surface area contributed by atoms with E-state index >= 15 is 0 Å². The predicted molar refractivity (Wildman–Crippen MR) is 152 cm³/mol. The van der Waals surface area contributed by atoms with Gasteiger partial charge in [0.1, 0.15) is 0 Å². The number of rotatable bonds is 26. The van der Waals surface area contributed by atoms with Gasteiger partial charge in [-0.05, 0) is 19.3 Å². The molecule has 1 amide bonds. The van der Waals surface area contributed by atoms with Gasteiger partial charge in [-0.25, -0.2) is 0 Å². The monoisotopic (exact) mass is 531 g/mol. The van der Waals surface area contributed by atoms with Gasteiger partial charge >= 0.3 is 0 Å². The second-order valence-electron chi connectivity index (χ2n) is 10.4. The number of hydrogen-bond acceptors (Lipinski definition) is 4. The summed E-state index contributed by atoms with van der Waals surface area (Å²) in [6.07, 6.45) is 26.2. The van der Waals surface area contributed by atoms with Crippen LogP contribution in [0.25, 0.3) is 0 Å². The third-order valence-corrected chi connectivity index (χ3v) is 7.49. The molecule has 0 aromatic rings. The molecule has 0 aliphatic heterocycles. The van der Waals surface area contributed by atoms with Gasteiger partial charge in [-0.3, -0.25) is 9.35 Å². The van der Waals surface area contributed by atoms with Crippen molar-refractivity contribution in [1.82, 2.24) is 5.32 Å². The van der Waals surface area contributed by atoms with E-state index in [0.717, 1.165) is 38.5 Å². The van der Waals surface area contributed by atoms with Crippen LogP contribution < -0.4 is 5.32 Å². The predicted octanol–water partition coefficient (Wildman–Crippen LogP) is 7.51. The molecule has 0 saturated heterocycles. The van der Waals surface area contributed by atoms with Crippen LogP contribution in [0, 0.1) is 0 Å². The Labute approximate surface area is 222 Å². The van der Waals surface area contributed by atoms with E-state index in [-0.39, 0.29) is 5.91 Å². The Morgan fingerprint density at radius 3 is 1.58 bits per heavy atom. The molecule has 0 rings (SSSR count). The molecule has 0 heterocycles. The van der Waals surface area contributed by atoms with Crippen molar-refractivity contribution < 1.29 is 22.9 Å². The summed E-state index contributed by atoms with van der Waals surface area (Å²) in [5.41, 5.74) is 0. The van der Waals surface area contributed by atoms with E-state index in [1.165, 1.54) is 89.9 Å². The SMILES string of the molecule is CCCCCCCCCC/C=C/C(O)C(CS(=O)(=O)O)NC(=O)CCCCCCCCCCCCC. The first-order valence-corrected chi connectivity index (χ1v) is 16.5. The molecule has 36 heavy (non-hydrogen) atoms. The highest BCUT2D eigenvalue weighted by atomic mass is 32.2. The Bertz CT molecular complexity index is 636. The lowest BCUT2D eigenvalue weighted by molar-refractivity contribution is -0.122. The van der Waals surface area contributed by atoms with Crippen LogP contribution >= 0.6 is 0 Å². The second kappa shape index (κ2) is 24.4. The first kappa shape index (κ1) is 35.1. The molecule has 6 nitrogen and oxygen atoms in total. The fourth-order valence-electron chi connectivity index (χ4n) is 4.45. The first-order valence-electron chi connectivity index (χ1n) is 14.9. The van der Waals surface area contributed by atoms with E-state index in [9.17, 15) is 22.9 Å². The molecule has 0 aliphatic carbocycles. The summed E-state index contributed by atoms with van der Waals surface area (Å²) in [5, 5.41) is 13.0. The molecular formula is C29H57NO5S. The molecule has 0 aliphatic rings. The van der Waals surface area contributed by atoms with E-state index < -0.39 is 28.0 Å². The molecule has 214 valence electrons. The molecule has 0 saturated carbocycles. The summed E-state index contributed by atoms with van der Waals surface area (Å²) in [7, 11) is -4.32. The highest BCUT2D eigenvalue weighted by Crippen LogP contribution is 2.13. The maximum atomic E-state index is 12.3. The Morgan fingerprint density at radius 2 is 1.14 bits per heavy atom. The summed E-state index contributed by atoms with van der Waals surface area (Å²) in [6.45, 7) is 4.44. The van der Waals surface area contributed by atoms with Gasteiger partial charge < -0.3 is 10.4 Å². The molecule has 2 unspecified atom stereocenters. The van der Waals surface area contributed by atoms with Gasteiger partial charge in [0.25, 0.3) is 10.1 Å². The van der Waals surface area contributed by atoms with Gasteiger partial charge in [0.2, 0.25) is 5.91 Å². The normalized spacial score (nSPS) is 13.8. The van der Waals surface area contributed by atoms with E-state index in [1.54, 1.807) is 6.08 Å². The summed E-state index contributed by atoms with van der Waals surface area (Å²) in [6, 6.07) is -1.05. The molecular weight excluding hydrogens is 474 g/mol.